The van der Waals surface area contributed by atoms with E-state index >= 15 is 0 Å². The van der Waals surface area contributed by atoms with Crippen LogP contribution >= 0.6 is 0 Å². The second-order valence-electron chi connectivity index (χ2n) is 12.7. The van der Waals surface area contributed by atoms with Crippen molar-refractivity contribution >= 4 is 22.5 Å². The molecule has 0 unspecified atom stereocenters. The number of nitrogens with one attached hydrogen (secondary N) is 4. The number of hydrogen-bond donors (Lipinski definition) is 6. The van der Waals surface area contributed by atoms with Gasteiger partial charge < -0.3 is 30.1 Å². The fourth-order valence-electron chi connectivity index (χ4n) is 7.34. The summed E-state index contributed by atoms with van der Waals surface area (Å²) in [7, 11) is 0. The molecule has 0 saturated carbocycles. The number of aromatic hydroxyl groups is 2. The van der Waals surface area contributed by atoms with Crippen molar-refractivity contribution in [1.82, 2.24) is 19.9 Å². The quantitative estimate of drug-likeness (QED) is 0.126. The van der Waals surface area contributed by atoms with Crippen molar-refractivity contribution in [2.75, 3.05) is 0 Å². The van der Waals surface area contributed by atoms with Gasteiger partial charge in [0.25, 0.3) is 0 Å². The molecular formula is C41H34N4O3. The van der Waals surface area contributed by atoms with E-state index in [0.29, 0.717) is 0 Å². The molecule has 0 radical (unpaired) electrons. The van der Waals surface area contributed by atoms with Gasteiger partial charge in [0.05, 0.1) is 11.4 Å². The number of benzene rings is 2. The Hall–Kier alpha value is -6.21. The van der Waals surface area contributed by atoms with Crippen LogP contribution in [-0.4, -0.2) is 35.9 Å². The first-order chi connectivity index (χ1) is 23.1. The maximum Gasteiger partial charge on any atom is 0.179 e. The Morgan fingerprint density at radius 2 is 0.917 bits per heavy atom. The summed E-state index contributed by atoms with van der Waals surface area (Å²) < 4.78 is 0. The lowest BCUT2D eigenvalue weighted by atomic mass is 9.87. The van der Waals surface area contributed by atoms with Gasteiger partial charge in [-0.15, -0.1) is 0 Å². The molecule has 6 aromatic rings. The smallest absolute Gasteiger partial charge is 0.179 e. The summed E-state index contributed by atoms with van der Waals surface area (Å²) in [6, 6.07) is 27.5. The standard InChI is InChI=1S/C41H34N4O3/c1-21-17-27(47)18-22(2)37(21)40-33-11-9-29(42-33)30-10-12-34(43-30)41(38-23(3)19-28(48)20-24(38)4)36-16-14-32(45-36)39(31-13-15-35(40)44-31)25-5-7-26(46)8-6-25/h5-20,42-47H,1-4H3/b39-31-,40-35+. The van der Waals surface area contributed by atoms with Crippen LogP contribution in [0.3, 0.4) is 0 Å². The molecule has 48 heavy (non-hydrogen) atoms. The highest BCUT2D eigenvalue weighted by atomic mass is 16.3. The minimum absolute atomic E-state index is 0.0126. The van der Waals surface area contributed by atoms with E-state index in [1.54, 1.807) is 36.4 Å². The molecule has 5 heterocycles. The van der Waals surface area contributed by atoms with Crippen LogP contribution in [0.1, 0.15) is 58.9 Å². The Morgan fingerprint density at radius 1 is 0.458 bits per heavy atom. The number of carbonyl (C=O) groups excluding carboxylic acids is 1. The molecule has 7 heteroatoms. The number of allylic oxidation sites excluding steroid dienone is 5. The minimum atomic E-state index is -0.0126. The van der Waals surface area contributed by atoms with E-state index in [1.165, 1.54) is 0 Å². The number of carbonyl (C=O) groups is 1. The van der Waals surface area contributed by atoms with Crippen molar-refractivity contribution in [2.24, 2.45) is 0 Å². The van der Waals surface area contributed by atoms with Crippen LogP contribution in [-0.2, 0) is 4.79 Å². The van der Waals surface area contributed by atoms with Crippen LogP contribution in [0.4, 0.5) is 0 Å². The van der Waals surface area contributed by atoms with Crippen LogP contribution in [0.15, 0.2) is 114 Å². The van der Waals surface area contributed by atoms with Gasteiger partial charge in [-0.05, 0) is 152 Å². The third kappa shape index (κ3) is 4.79. The average Bonchev–Trinajstić information content (AvgIpc) is 3.85. The summed E-state index contributed by atoms with van der Waals surface area (Å²) in [6.45, 7) is 8.00. The maximum absolute atomic E-state index is 12.5. The molecule has 6 N–H and O–H groups in total. The zero-order chi connectivity index (χ0) is 33.3. The zero-order valence-corrected chi connectivity index (χ0v) is 27.0. The lowest BCUT2D eigenvalue weighted by molar-refractivity contribution is -0.110. The number of aromatic nitrogens is 4. The molecule has 0 atom stereocenters. The number of hydrogen-bond acceptors (Lipinski definition) is 3. The average molecular weight is 631 g/mol. The molecular weight excluding hydrogens is 596 g/mol. The summed E-state index contributed by atoms with van der Waals surface area (Å²) in [6.07, 6.45) is 3.38. The van der Waals surface area contributed by atoms with Crippen LogP contribution in [0.5, 0.6) is 11.5 Å². The van der Waals surface area contributed by atoms with E-state index in [2.05, 4.69) is 68.5 Å². The summed E-state index contributed by atoms with van der Waals surface area (Å²) in [5.41, 5.74) is 15.0. The molecule has 0 amide bonds. The number of fused-ring (bicyclic) bond motifs is 9. The van der Waals surface area contributed by atoms with Gasteiger partial charge in [0.15, 0.2) is 5.78 Å². The van der Waals surface area contributed by atoms with E-state index in [9.17, 15) is 15.0 Å². The van der Waals surface area contributed by atoms with Gasteiger partial charge in [0.1, 0.15) is 11.5 Å². The number of aryl methyl sites for hydroxylation is 2. The third-order valence-corrected chi connectivity index (χ3v) is 9.33. The molecule has 0 saturated heterocycles. The fraction of sp³-hybridized carbons (Fsp3) is 0.0976. The highest BCUT2D eigenvalue weighted by molar-refractivity contribution is 6.05. The van der Waals surface area contributed by atoms with Crippen molar-refractivity contribution in [2.45, 2.75) is 27.7 Å². The monoisotopic (exact) mass is 630 g/mol. The fourth-order valence-corrected chi connectivity index (χ4v) is 7.34. The van der Waals surface area contributed by atoms with Gasteiger partial charge >= 0.3 is 0 Å². The second kappa shape index (κ2) is 11.0. The topological polar surface area (TPSA) is 121 Å². The highest BCUT2D eigenvalue weighted by Gasteiger charge is 2.24. The Bertz CT molecular complexity index is 2480. The second-order valence-corrected chi connectivity index (χ2v) is 12.7. The van der Waals surface area contributed by atoms with Gasteiger partial charge in [-0.3, -0.25) is 4.79 Å². The van der Waals surface area contributed by atoms with E-state index in [0.717, 1.165) is 101 Å². The number of ketones is 1. The predicted molar refractivity (Wildman–Crippen MR) is 189 cm³/mol. The predicted octanol–water partition coefficient (Wildman–Crippen LogP) is 6.78. The SMILES string of the molecule is CC1=CC(=O)C=C(C)C1=C1c2ccc([nH]2)/C(c2ccc(O)cc2)=c2/cc/c([nH]2)=C(\c2c(C)cc(O)cc2C)c2ccc([nH]2)-c2ccc1[nH]2. The van der Waals surface area contributed by atoms with Crippen LogP contribution in [0.25, 0.3) is 28.1 Å². The lowest BCUT2D eigenvalue weighted by Crippen LogP contribution is -2.18. The van der Waals surface area contributed by atoms with E-state index in [1.807, 2.05) is 39.8 Å². The van der Waals surface area contributed by atoms with Crippen LogP contribution in [0.2, 0.25) is 0 Å². The van der Waals surface area contributed by atoms with E-state index in [-0.39, 0.29) is 17.3 Å². The molecule has 1 aliphatic carbocycles. The Labute approximate surface area is 277 Å². The first kappa shape index (κ1) is 29.2. The van der Waals surface area contributed by atoms with E-state index in [4.69, 9.17) is 0 Å². The Morgan fingerprint density at radius 3 is 1.48 bits per heavy atom. The molecule has 2 aromatic carbocycles. The van der Waals surface area contributed by atoms with Gasteiger partial charge in [-0.2, -0.15) is 0 Å². The largest absolute Gasteiger partial charge is 0.508 e. The Balaban J connectivity index is 1.50. The van der Waals surface area contributed by atoms with Gasteiger partial charge in [-0.25, -0.2) is 0 Å². The van der Waals surface area contributed by atoms with Crippen molar-refractivity contribution in [3.05, 3.63) is 170 Å². The van der Waals surface area contributed by atoms with Crippen molar-refractivity contribution < 1.29 is 15.0 Å². The number of phenolic OH excluding ortho intramolecular Hbond substituents is 2. The molecule has 2 aliphatic rings. The van der Waals surface area contributed by atoms with Crippen molar-refractivity contribution in [3.63, 3.8) is 0 Å². The van der Waals surface area contributed by atoms with Gasteiger partial charge in [-0.1, -0.05) is 12.1 Å². The lowest BCUT2D eigenvalue weighted by Gasteiger charge is -2.18. The summed E-state index contributed by atoms with van der Waals surface area (Å²) in [5, 5.41) is 22.4. The van der Waals surface area contributed by atoms with Crippen LogP contribution < -0.4 is 10.7 Å². The molecule has 0 spiro atoms. The van der Waals surface area contributed by atoms with Gasteiger partial charge in [0.2, 0.25) is 0 Å². The van der Waals surface area contributed by atoms with Crippen molar-refractivity contribution in [1.29, 1.82) is 0 Å². The summed E-state index contributed by atoms with van der Waals surface area (Å²) in [5.74, 6) is 0.414. The number of aromatic amines is 4. The first-order valence-electron chi connectivity index (χ1n) is 15.9. The molecule has 0 fully saturated rings. The molecule has 8 rings (SSSR count). The normalized spacial score (nSPS) is 16.8. The molecule has 7 nitrogen and oxygen atoms in total. The summed E-state index contributed by atoms with van der Waals surface area (Å²) in [4.78, 5) is 27.3. The number of phenols is 2. The Kier molecular flexibility index (Phi) is 6.66. The maximum atomic E-state index is 12.5. The molecule has 236 valence electrons. The first-order valence-corrected chi connectivity index (χ1v) is 15.9. The van der Waals surface area contributed by atoms with E-state index < -0.39 is 0 Å². The van der Waals surface area contributed by atoms with Gasteiger partial charge in [0, 0.05) is 50.2 Å². The zero-order valence-electron chi connectivity index (χ0n) is 27.0. The van der Waals surface area contributed by atoms with Crippen LogP contribution in [0, 0.1) is 13.8 Å². The highest BCUT2D eigenvalue weighted by Crippen LogP contribution is 2.38. The van der Waals surface area contributed by atoms with Crippen molar-refractivity contribution in [3.8, 4) is 22.9 Å². The minimum Gasteiger partial charge on any atom is -0.508 e. The number of H-pyrrole nitrogens is 4. The number of rotatable bonds is 2. The molecule has 4 aromatic heterocycles. The third-order valence-electron chi connectivity index (χ3n) is 9.33. The molecule has 1 aliphatic heterocycles. The summed E-state index contributed by atoms with van der Waals surface area (Å²) >= 11 is 0. The molecule has 8 bridgehead atoms.